The minimum absolute atomic E-state index is 0.0509. The normalized spacial score (nSPS) is 11.9. The molecule has 0 fully saturated rings. The van der Waals surface area contributed by atoms with Crippen LogP contribution in [-0.2, 0) is 9.53 Å². The number of methoxy groups -OCH3 is 1. The van der Waals surface area contributed by atoms with Gasteiger partial charge in [-0.1, -0.05) is 23.2 Å². The third-order valence-corrected chi connectivity index (χ3v) is 3.75. The van der Waals surface area contributed by atoms with Gasteiger partial charge in [0.05, 0.1) is 24.4 Å². The molecule has 0 spiro atoms. The number of benzene rings is 2. The molecule has 0 unspecified atom stereocenters. The number of rotatable bonds is 6. The Morgan fingerprint density at radius 1 is 1.15 bits per heavy atom. The van der Waals surface area contributed by atoms with Gasteiger partial charge >= 0.3 is 5.97 Å². The Balaban J connectivity index is 2.38. The maximum atomic E-state index is 11.8. The standard InChI is InChI=1S/C19H18Cl2N2O4/c1-3-26-19(24)16(22)11-18(23-17-9-4-12(20)10-15(17)21)27-14-7-5-13(25-2)6-8-14/h4-11H,3,22H2,1-2H3. The molecule has 2 aromatic rings. The minimum Gasteiger partial charge on any atom is -0.497 e. The van der Waals surface area contributed by atoms with Crippen molar-refractivity contribution in [2.45, 2.75) is 6.92 Å². The van der Waals surface area contributed by atoms with Crippen molar-refractivity contribution >= 4 is 40.8 Å². The number of aliphatic imine (C=N–C) groups is 1. The zero-order valence-electron chi connectivity index (χ0n) is 14.7. The number of halogens is 2. The summed E-state index contributed by atoms with van der Waals surface area (Å²) in [6.45, 7) is 1.88. The monoisotopic (exact) mass is 408 g/mol. The van der Waals surface area contributed by atoms with E-state index in [2.05, 4.69) is 4.99 Å². The molecule has 0 radical (unpaired) electrons. The molecule has 0 aliphatic heterocycles. The summed E-state index contributed by atoms with van der Waals surface area (Å²) >= 11 is 12.1. The SMILES string of the molecule is CCOC(=O)C(N)=CC(=Nc1ccc(Cl)cc1Cl)Oc1ccc(OC)cc1. The molecular weight excluding hydrogens is 391 g/mol. The first-order valence-corrected chi connectivity index (χ1v) is 8.68. The maximum absolute atomic E-state index is 11.8. The van der Waals surface area contributed by atoms with Crippen LogP contribution in [0.5, 0.6) is 11.5 Å². The highest BCUT2D eigenvalue weighted by Gasteiger charge is 2.11. The third kappa shape index (κ3) is 6.20. The summed E-state index contributed by atoms with van der Waals surface area (Å²) in [5, 5.41) is 0.791. The zero-order valence-corrected chi connectivity index (χ0v) is 16.3. The Hall–Kier alpha value is -2.70. The Morgan fingerprint density at radius 2 is 1.81 bits per heavy atom. The molecule has 0 aliphatic rings. The van der Waals surface area contributed by atoms with Gasteiger partial charge in [-0.05, 0) is 49.4 Å². The summed E-state index contributed by atoms with van der Waals surface area (Å²) in [6, 6.07) is 11.6. The molecule has 2 aromatic carbocycles. The van der Waals surface area contributed by atoms with Crippen molar-refractivity contribution in [3.8, 4) is 11.5 Å². The number of hydrogen-bond acceptors (Lipinski definition) is 6. The van der Waals surface area contributed by atoms with Gasteiger partial charge in [-0.15, -0.1) is 0 Å². The van der Waals surface area contributed by atoms with Crippen molar-refractivity contribution in [2.75, 3.05) is 13.7 Å². The highest BCUT2D eigenvalue weighted by atomic mass is 35.5. The summed E-state index contributed by atoms with van der Waals surface area (Å²) in [7, 11) is 1.56. The summed E-state index contributed by atoms with van der Waals surface area (Å²) < 4.78 is 15.7. The van der Waals surface area contributed by atoms with E-state index < -0.39 is 5.97 Å². The van der Waals surface area contributed by atoms with Gasteiger partial charge < -0.3 is 19.9 Å². The number of carbonyl (C=O) groups is 1. The van der Waals surface area contributed by atoms with Gasteiger partial charge in [0.1, 0.15) is 17.2 Å². The van der Waals surface area contributed by atoms with E-state index in [1.807, 2.05) is 0 Å². The van der Waals surface area contributed by atoms with Gasteiger partial charge in [0.25, 0.3) is 0 Å². The van der Waals surface area contributed by atoms with Crippen LogP contribution in [0, 0.1) is 0 Å². The fraction of sp³-hybridized carbons (Fsp3) is 0.158. The Bertz CT molecular complexity index is 865. The predicted octanol–water partition coefficient (Wildman–Crippen LogP) is 4.52. The van der Waals surface area contributed by atoms with Gasteiger partial charge in [-0.2, -0.15) is 0 Å². The molecule has 2 N–H and O–H groups in total. The van der Waals surface area contributed by atoms with E-state index in [-0.39, 0.29) is 18.2 Å². The zero-order chi connectivity index (χ0) is 19.8. The predicted molar refractivity (Wildman–Crippen MR) is 106 cm³/mol. The van der Waals surface area contributed by atoms with Gasteiger partial charge in [-0.25, -0.2) is 9.79 Å². The molecule has 0 heterocycles. The van der Waals surface area contributed by atoms with Crippen LogP contribution in [-0.4, -0.2) is 25.6 Å². The quantitative estimate of drug-likeness (QED) is 0.328. The van der Waals surface area contributed by atoms with Crippen molar-refractivity contribution in [1.82, 2.24) is 0 Å². The van der Waals surface area contributed by atoms with Crippen LogP contribution in [0.25, 0.3) is 0 Å². The second-order valence-electron chi connectivity index (χ2n) is 5.14. The first-order chi connectivity index (χ1) is 12.9. The summed E-state index contributed by atoms with van der Waals surface area (Å²) in [5.74, 6) is 0.511. The summed E-state index contributed by atoms with van der Waals surface area (Å²) in [4.78, 5) is 16.1. The average Bonchev–Trinajstić information content (AvgIpc) is 2.64. The highest BCUT2D eigenvalue weighted by Crippen LogP contribution is 2.28. The molecule has 142 valence electrons. The number of nitrogens with zero attached hydrogens (tertiary/aromatic N) is 1. The van der Waals surface area contributed by atoms with E-state index in [0.29, 0.717) is 27.2 Å². The first kappa shape index (κ1) is 20.6. The minimum atomic E-state index is -0.675. The lowest BCUT2D eigenvalue weighted by atomic mass is 10.3. The summed E-state index contributed by atoms with van der Waals surface area (Å²) in [6.07, 6.45) is 1.27. The molecule has 0 aromatic heterocycles. The fourth-order valence-corrected chi connectivity index (χ4v) is 2.40. The number of carbonyl (C=O) groups excluding carboxylic acids is 1. The van der Waals surface area contributed by atoms with E-state index in [4.69, 9.17) is 43.1 Å². The van der Waals surface area contributed by atoms with Crippen molar-refractivity contribution < 1.29 is 19.0 Å². The lowest BCUT2D eigenvalue weighted by Crippen LogP contribution is -2.18. The Morgan fingerprint density at radius 3 is 2.41 bits per heavy atom. The fourth-order valence-electron chi connectivity index (χ4n) is 1.95. The average molecular weight is 409 g/mol. The van der Waals surface area contributed by atoms with Gasteiger partial charge in [0.15, 0.2) is 0 Å². The Labute approximate surface area is 167 Å². The van der Waals surface area contributed by atoms with Crippen molar-refractivity contribution in [2.24, 2.45) is 10.7 Å². The smallest absolute Gasteiger partial charge is 0.354 e. The van der Waals surface area contributed by atoms with Gasteiger partial charge in [0, 0.05) is 11.1 Å². The van der Waals surface area contributed by atoms with E-state index in [1.54, 1.807) is 56.5 Å². The Kier molecular flexibility index (Phi) is 7.52. The van der Waals surface area contributed by atoms with Crippen LogP contribution in [0.2, 0.25) is 10.0 Å². The van der Waals surface area contributed by atoms with Crippen molar-refractivity contribution in [3.05, 3.63) is 64.3 Å². The molecule has 8 heteroatoms. The van der Waals surface area contributed by atoms with Crippen LogP contribution in [0.1, 0.15) is 6.92 Å². The molecule has 0 bridgehead atoms. The van der Waals surface area contributed by atoms with E-state index >= 15 is 0 Å². The molecule has 0 aliphatic carbocycles. The largest absolute Gasteiger partial charge is 0.497 e. The number of hydrogen-bond donors (Lipinski definition) is 1. The molecule has 2 rings (SSSR count). The molecule has 0 saturated heterocycles. The van der Waals surface area contributed by atoms with E-state index in [0.717, 1.165) is 0 Å². The van der Waals surface area contributed by atoms with E-state index in [9.17, 15) is 4.79 Å². The van der Waals surface area contributed by atoms with Crippen molar-refractivity contribution in [1.29, 1.82) is 0 Å². The number of nitrogens with two attached hydrogens (primary N) is 1. The first-order valence-electron chi connectivity index (χ1n) is 7.93. The molecule has 0 atom stereocenters. The van der Waals surface area contributed by atoms with Crippen LogP contribution >= 0.6 is 23.2 Å². The molecule has 0 saturated carbocycles. The second-order valence-corrected chi connectivity index (χ2v) is 5.99. The molecular formula is C19H18Cl2N2O4. The molecule has 6 nitrogen and oxygen atoms in total. The van der Waals surface area contributed by atoms with Gasteiger partial charge in [0.2, 0.25) is 5.90 Å². The molecule has 27 heavy (non-hydrogen) atoms. The van der Waals surface area contributed by atoms with E-state index in [1.165, 1.54) is 6.08 Å². The van der Waals surface area contributed by atoms with Gasteiger partial charge in [-0.3, -0.25) is 0 Å². The summed E-state index contributed by atoms with van der Waals surface area (Å²) in [5.41, 5.74) is 6.01. The second kappa shape index (κ2) is 9.85. The lowest BCUT2D eigenvalue weighted by molar-refractivity contribution is -0.138. The van der Waals surface area contributed by atoms with Crippen LogP contribution < -0.4 is 15.2 Å². The highest BCUT2D eigenvalue weighted by molar-refractivity contribution is 6.36. The maximum Gasteiger partial charge on any atom is 0.354 e. The lowest BCUT2D eigenvalue weighted by Gasteiger charge is -2.09. The van der Waals surface area contributed by atoms with Crippen LogP contribution in [0.3, 0.4) is 0 Å². The number of ether oxygens (including phenoxy) is 3. The topological polar surface area (TPSA) is 83.1 Å². The number of esters is 1. The van der Waals surface area contributed by atoms with Crippen LogP contribution in [0.4, 0.5) is 5.69 Å². The molecule has 0 amide bonds. The van der Waals surface area contributed by atoms with Crippen molar-refractivity contribution in [3.63, 3.8) is 0 Å². The third-order valence-electron chi connectivity index (χ3n) is 3.21. The van der Waals surface area contributed by atoms with Crippen LogP contribution in [0.15, 0.2) is 59.2 Å².